The summed E-state index contributed by atoms with van der Waals surface area (Å²) in [5.74, 6) is 0.733. The first-order chi connectivity index (χ1) is 9.02. The van der Waals surface area contributed by atoms with Gasteiger partial charge in [-0.05, 0) is 25.4 Å². The molecule has 0 N–H and O–H groups in total. The van der Waals surface area contributed by atoms with Crippen molar-refractivity contribution in [1.29, 1.82) is 0 Å². The second kappa shape index (κ2) is 5.48. The van der Waals surface area contributed by atoms with Gasteiger partial charge in [0.15, 0.2) is 5.89 Å². The average Bonchev–Trinajstić information content (AvgIpc) is 2.95. The lowest BCUT2D eigenvalue weighted by atomic mass is 10.3. The lowest BCUT2D eigenvalue weighted by molar-refractivity contribution is 0.0752. The molecule has 6 nitrogen and oxygen atoms in total. The molecular weight excluding hydrogens is 264 g/mol. The smallest absolute Gasteiger partial charge is 0.291 e. The summed E-state index contributed by atoms with van der Waals surface area (Å²) < 4.78 is 9.33. The van der Waals surface area contributed by atoms with Crippen LogP contribution in [0.3, 0.4) is 0 Å². The fourth-order valence-corrected chi connectivity index (χ4v) is 2.34. The molecule has 19 heavy (non-hydrogen) atoms. The molecule has 0 bridgehead atoms. The summed E-state index contributed by atoms with van der Waals surface area (Å²) in [6.07, 6.45) is 0.676. The van der Waals surface area contributed by atoms with Crippen molar-refractivity contribution < 1.29 is 9.21 Å². The Morgan fingerprint density at radius 1 is 1.37 bits per heavy atom. The number of hydrogen-bond acceptors (Lipinski definition) is 6. The van der Waals surface area contributed by atoms with Gasteiger partial charge in [-0.3, -0.25) is 4.79 Å². The molecule has 0 spiro atoms. The molecule has 0 radical (unpaired) electrons. The highest BCUT2D eigenvalue weighted by Gasteiger charge is 2.21. The van der Waals surface area contributed by atoms with Crippen LogP contribution >= 0.6 is 11.5 Å². The lowest BCUT2D eigenvalue weighted by Crippen LogP contribution is -2.26. The summed E-state index contributed by atoms with van der Waals surface area (Å²) >= 11 is 1.30. The molecule has 102 valence electrons. The molecule has 0 saturated carbocycles. The molecule has 2 rings (SSSR count). The number of carbonyl (C=O) groups excluding carboxylic acids is 1. The number of amides is 1. The number of aryl methyl sites for hydroxylation is 3. The highest BCUT2D eigenvalue weighted by atomic mass is 32.1. The van der Waals surface area contributed by atoms with Crippen molar-refractivity contribution in [1.82, 2.24) is 19.5 Å². The normalized spacial score (nSPS) is 10.7. The van der Waals surface area contributed by atoms with Gasteiger partial charge < -0.3 is 9.32 Å². The summed E-state index contributed by atoms with van der Waals surface area (Å²) in [6.45, 7) is 6.08. The molecule has 2 aromatic rings. The van der Waals surface area contributed by atoms with Crippen LogP contribution in [-0.4, -0.2) is 32.4 Å². The largest absolute Gasteiger partial charge is 0.435 e. The fourth-order valence-electron chi connectivity index (χ4n) is 1.66. The predicted molar refractivity (Wildman–Crippen MR) is 71.1 cm³/mol. The van der Waals surface area contributed by atoms with Gasteiger partial charge in [-0.15, -0.1) is 5.10 Å². The van der Waals surface area contributed by atoms with E-state index < -0.39 is 0 Å². The standard InChI is InChI=1S/C12H16N4O2S/c1-5-10-13-8(3)11(18-10)12(17)16(4)6-9-7(2)14-15-19-9/h5-6H2,1-4H3. The lowest BCUT2D eigenvalue weighted by Gasteiger charge is -2.14. The first-order valence-electron chi connectivity index (χ1n) is 6.02. The molecule has 2 aromatic heterocycles. The summed E-state index contributed by atoms with van der Waals surface area (Å²) in [4.78, 5) is 19.1. The van der Waals surface area contributed by atoms with Crippen LogP contribution < -0.4 is 0 Å². The second-order valence-corrected chi connectivity index (χ2v) is 5.16. The average molecular weight is 280 g/mol. The summed E-state index contributed by atoms with van der Waals surface area (Å²) in [7, 11) is 1.73. The van der Waals surface area contributed by atoms with E-state index in [-0.39, 0.29) is 5.91 Å². The van der Waals surface area contributed by atoms with E-state index in [0.717, 1.165) is 10.6 Å². The Morgan fingerprint density at radius 2 is 2.11 bits per heavy atom. The number of carbonyl (C=O) groups is 1. The molecule has 1 amide bonds. The van der Waals surface area contributed by atoms with Crippen molar-refractivity contribution in [2.75, 3.05) is 7.05 Å². The molecular formula is C12H16N4O2S. The Bertz CT molecular complexity index is 590. The minimum absolute atomic E-state index is 0.169. The van der Waals surface area contributed by atoms with Gasteiger partial charge in [0.1, 0.15) is 0 Å². The molecule has 0 saturated heterocycles. The first-order valence-corrected chi connectivity index (χ1v) is 6.79. The van der Waals surface area contributed by atoms with Gasteiger partial charge in [-0.1, -0.05) is 11.4 Å². The number of aromatic nitrogens is 3. The van der Waals surface area contributed by atoms with Crippen LogP contribution in [0.25, 0.3) is 0 Å². The highest BCUT2D eigenvalue weighted by molar-refractivity contribution is 7.05. The van der Waals surface area contributed by atoms with Crippen LogP contribution in [0.4, 0.5) is 0 Å². The zero-order valence-corrected chi connectivity index (χ0v) is 12.2. The maximum Gasteiger partial charge on any atom is 0.291 e. The molecule has 2 heterocycles. The Labute approximate surface area is 115 Å². The second-order valence-electron chi connectivity index (χ2n) is 4.32. The fraction of sp³-hybridized carbons (Fsp3) is 0.500. The van der Waals surface area contributed by atoms with Gasteiger partial charge >= 0.3 is 0 Å². The van der Waals surface area contributed by atoms with E-state index in [0.29, 0.717) is 30.3 Å². The van der Waals surface area contributed by atoms with E-state index in [2.05, 4.69) is 14.6 Å². The maximum atomic E-state index is 12.3. The Morgan fingerprint density at radius 3 is 2.63 bits per heavy atom. The minimum Gasteiger partial charge on any atom is -0.435 e. The molecule has 7 heteroatoms. The van der Waals surface area contributed by atoms with Gasteiger partial charge in [0.2, 0.25) is 5.76 Å². The van der Waals surface area contributed by atoms with Crippen molar-refractivity contribution in [2.45, 2.75) is 33.7 Å². The van der Waals surface area contributed by atoms with E-state index >= 15 is 0 Å². The third-order valence-electron chi connectivity index (χ3n) is 2.81. The zero-order chi connectivity index (χ0) is 14.0. The van der Waals surface area contributed by atoms with Crippen LogP contribution in [0.2, 0.25) is 0 Å². The Balaban J connectivity index is 2.14. The van der Waals surface area contributed by atoms with Gasteiger partial charge in [-0.2, -0.15) is 0 Å². The predicted octanol–water partition coefficient (Wildman–Crippen LogP) is 1.98. The quantitative estimate of drug-likeness (QED) is 0.856. The SMILES string of the molecule is CCc1nc(C)c(C(=O)N(C)Cc2snnc2C)o1. The Kier molecular flexibility index (Phi) is 3.94. The van der Waals surface area contributed by atoms with E-state index in [1.807, 2.05) is 13.8 Å². The number of nitrogens with zero attached hydrogens (tertiary/aromatic N) is 4. The Hall–Kier alpha value is -1.76. The van der Waals surface area contributed by atoms with Crippen LogP contribution in [0.1, 0.15) is 39.6 Å². The van der Waals surface area contributed by atoms with Crippen molar-refractivity contribution >= 4 is 17.4 Å². The number of oxazole rings is 1. The number of hydrogen-bond donors (Lipinski definition) is 0. The van der Waals surface area contributed by atoms with Crippen molar-refractivity contribution in [2.24, 2.45) is 0 Å². The van der Waals surface area contributed by atoms with Gasteiger partial charge in [-0.25, -0.2) is 4.98 Å². The van der Waals surface area contributed by atoms with Crippen LogP contribution in [-0.2, 0) is 13.0 Å². The van der Waals surface area contributed by atoms with Crippen molar-refractivity contribution in [3.05, 3.63) is 27.9 Å². The molecule has 0 fully saturated rings. The highest BCUT2D eigenvalue weighted by Crippen LogP contribution is 2.16. The van der Waals surface area contributed by atoms with Gasteiger partial charge in [0.05, 0.1) is 22.8 Å². The molecule has 0 aliphatic rings. The molecule has 0 unspecified atom stereocenters. The summed E-state index contributed by atoms with van der Waals surface area (Å²) in [5, 5.41) is 3.93. The first kappa shape index (κ1) is 13.7. The molecule has 0 aliphatic heterocycles. The van der Waals surface area contributed by atoms with Gasteiger partial charge in [0.25, 0.3) is 5.91 Å². The van der Waals surface area contributed by atoms with E-state index in [1.165, 1.54) is 11.5 Å². The monoisotopic (exact) mass is 280 g/mol. The zero-order valence-electron chi connectivity index (χ0n) is 11.4. The topological polar surface area (TPSA) is 72.1 Å². The summed E-state index contributed by atoms with van der Waals surface area (Å²) in [5.41, 5.74) is 1.49. The van der Waals surface area contributed by atoms with Crippen LogP contribution in [0.5, 0.6) is 0 Å². The van der Waals surface area contributed by atoms with Crippen molar-refractivity contribution in [3.63, 3.8) is 0 Å². The summed E-state index contributed by atoms with van der Waals surface area (Å²) in [6, 6.07) is 0. The van der Waals surface area contributed by atoms with Crippen LogP contribution in [0, 0.1) is 13.8 Å². The van der Waals surface area contributed by atoms with Crippen molar-refractivity contribution in [3.8, 4) is 0 Å². The van der Waals surface area contributed by atoms with Crippen LogP contribution in [0.15, 0.2) is 4.42 Å². The molecule has 0 atom stereocenters. The minimum atomic E-state index is -0.169. The van der Waals surface area contributed by atoms with Gasteiger partial charge in [0, 0.05) is 13.5 Å². The van der Waals surface area contributed by atoms with E-state index in [9.17, 15) is 4.79 Å². The molecule has 0 aliphatic carbocycles. The number of rotatable bonds is 4. The maximum absolute atomic E-state index is 12.3. The molecule has 0 aromatic carbocycles. The van der Waals surface area contributed by atoms with E-state index in [1.54, 1.807) is 18.9 Å². The third kappa shape index (κ3) is 2.81. The van der Waals surface area contributed by atoms with E-state index in [4.69, 9.17) is 4.42 Å². The third-order valence-corrected chi connectivity index (χ3v) is 3.62.